The van der Waals surface area contributed by atoms with Gasteiger partial charge < -0.3 is 9.32 Å². The molecule has 0 saturated heterocycles. The van der Waals surface area contributed by atoms with E-state index in [2.05, 4.69) is 196 Å². The molecule has 0 spiro atoms. The molecule has 1 heterocycles. The molecule has 10 aromatic rings. The van der Waals surface area contributed by atoms with Crippen LogP contribution in [-0.4, -0.2) is 0 Å². The minimum atomic E-state index is -0.118. The smallest absolute Gasteiger partial charge is 0.136 e. The van der Waals surface area contributed by atoms with E-state index in [1.54, 1.807) is 0 Å². The van der Waals surface area contributed by atoms with Crippen LogP contribution in [0.5, 0.6) is 0 Å². The zero-order valence-electron chi connectivity index (χ0n) is 31.9. The number of hydrogen-bond acceptors (Lipinski definition) is 2. The van der Waals surface area contributed by atoms with Crippen molar-refractivity contribution >= 4 is 60.5 Å². The summed E-state index contributed by atoms with van der Waals surface area (Å²) >= 11 is 0. The lowest BCUT2D eigenvalue weighted by molar-refractivity contribution is 0.660. The van der Waals surface area contributed by atoms with Crippen molar-refractivity contribution in [3.8, 4) is 33.4 Å². The van der Waals surface area contributed by atoms with Gasteiger partial charge in [0.25, 0.3) is 0 Å². The Kier molecular flexibility index (Phi) is 6.22. The van der Waals surface area contributed by atoms with Crippen LogP contribution in [0.25, 0.3) is 76.9 Å². The van der Waals surface area contributed by atoms with Crippen LogP contribution in [0.4, 0.5) is 17.1 Å². The average Bonchev–Trinajstić information content (AvgIpc) is 3.81. The van der Waals surface area contributed by atoms with Gasteiger partial charge in [0, 0.05) is 38.7 Å². The van der Waals surface area contributed by atoms with Crippen molar-refractivity contribution in [3.63, 3.8) is 0 Å². The van der Waals surface area contributed by atoms with Crippen molar-refractivity contribution in [1.82, 2.24) is 0 Å². The molecule has 0 saturated carbocycles. The Bertz CT molecular complexity index is 3150. The van der Waals surface area contributed by atoms with Crippen LogP contribution in [0, 0.1) is 0 Å². The molecule has 0 unspecified atom stereocenters. The molecule has 0 atom stereocenters. The topological polar surface area (TPSA) is 16.4 Å². The molecule has 0 amide bonds. The standard InChI is InChI=1S/C54H39NO/c1-53(2)45-18-10-8-15-38(45)40-25-22-35(30-47(40)53)55(36-23-26-41-39-16-9-11-19-46(39)54(3,4)48(41)31-36)34-21-24-37-43(29-34)42-17-12-20-49-51(42)52-44(37)27-33(28-50(52)56-49)32-13-6-5-7-14-32/h5-31H,1-4H3. The van der Waals surface area contributed by atoms with Crippen molar-refractivity contribution < 1.29 is 4.42 Å². The molecule has 0 radical (unpaired) electrons. The molecule has 2 aliphatic carbocycles. The Morgan fingerprint density at radius 1 is 0.357 bits per heavy atom. The Morgan fingerprint density at radius 3 is 1.57 bits per heavy atom. The first-order valence-corrected chi connectivity index (χ1v) is 19.8. The number of anilines is 3. The van der Waals surface area contributed by atoms with Gasteiger partial charge in [-0.05, 0) is 132 Å². The summed E-state index contributed by atoms with van der Waals surface area (Å²) in [6.45, 7) is 9.47. The maximum absolute atomic E-state index is 6.63. The summed E-state index contributed by atoms with van der Waals surface area (Å²) in [5, 5.41) is 7.29. The van der Waals surface area contributed by atoms with Gasteiger partial charge in [-0.25, -0.2) is 0 Å². The summed E-state index contributed by atoms with van der Waals surface area (Å²) in [5.74, 6) is 0. The first-order valence-electron chi connectivity index (χ1n) is 19.8. The fourth-order valence-electron chi connectivity index (χ4n) is 10.4. The van der Waals surface area contributed by atoms with E-state index in [0.29, 0.717) is 0 Å². The predicted octanol–water partition coefficient (Wildman–Crippen LogP) is 15.1. The summed E-state index contributed by atoms with van der Waals surface area (Å²) in [7, 11) is 0. The zero-order chi connectivity index (χ0) is 37.5. The van der Waals surface area contributed by atoms with E-state index in [4.69, 9.17) is 4.42 Å². The largest absolute Gasteiger partial charge is 0.456 e. The molecule has 0 bridgehead atoms. The third kappa shape index (κ3) is 4.16. The normalized spacial score (nSPS) is 14.7. The number of fused-ring (bicyclic) bond motifs is 9. The highest BCUT2D eigenvalue weighted by Gasteiger charge is 2.38. The molecule has 266 valence electrons. The summed E-state index contributed by atoms with van der Waals surface area (Å²) in [6.07, 6.45) is 0. The molecule has 9 aromatic carbocycles. The van der Waals surface area contributed by atoms with Gasteiger partial charge in [-0.1, -0.05) is 137 Å². The van der Waals surface area contributed by atoms with E-state index < -0.39 is 0 Å². The first-order chi connectivity index (χ1) is 27.3. The molecule has 2 heteroatoms. The van der Waals surface area contributed by atoms with Gasteiger partial charge >= 0.3 is 0 Å². The van der Waals surface area contributed by atoms with Crippen LogP contribution >= 0.6 is 0 Å². The highest BCUT2D eigenvalue weighted by atomic mass is 16.3. The summed E-state index contributed by atoms with van der Waals surface area (Å²) in [6, 6.07) is 60.9. The third-order valence-electron chi connectivity index (χ3n) is 13.2. The monoisotopic (exact) mass is 717 g/mol. The Labute approximate surface area is 326 Å². The van der Waals surface area contributed by atoms with Crippen LogP contribution in [0.3, 0.4) is 0 Å². The zero-order valence-corrected chi connectivity index (χ0v) is 31.9. The number of hydrogen-bond donors (Lipinski definition) is 0. The Balaban J connectivity index is 1.12. The van der Waals surface area contributed by atoms with Gasteiger partial charge in [-0.2, -0.15) is 0 Å². The van der Waals surface area contributed by atoms with Crippen LogP contribution in [0.1, 0.15) is 49.9 Å². The Morgan fingerprint density at radius 2 is 0.911 bits per heavy atom. The highest BCUT2D eigenvalue weighted by Crippen LogP contribution is 2.54. The van der Waals surface area contributed by atoms with Gasteiger partial charge in [0.15, 0.2) is 0 Å². The number of furan rings is 1. The second-order valence-electron chi connectivity index (χ2n) is 16.9. The molecule has 2 nitrogen and oxygen atoms in total. The van der Waals surface area contributed by atoms with E-state index in [1.165, 1.54) is 82.4 Å². The van der Waals surface area contributed by atoms with Crippen molar-refractivity contribution in [2.75, 3.05) is 4.90 Å². The molecule has 0 N–H and O–H groups in total. The van der Waals surface area contributed by atoms with E-state index in [1.807, 2.05) is 0 Å². The van der Waals surface area contributed by atoms with Gasteiger partial charge in [-0.3, -0.25) is 0 Å². The first kappa shape index (κ1) is 31.7. The third-order valence-corrected chi connectivity index (χ3v) is 13.2. The second-order valence-corrected chi connectivity index (χ2v) is 16.9. The lowest BCUT2D eigenvalue weighted by Crippen LogP contribution is -2.18. The molecule has 56 heavy (non-hydrogen) atoms. The fourth-order valence-corrected chi connectivity index (χ4v) is 10.4. The lowest BCUT2D eigenvalue weighted by Gasteiger charge is -2.30. The van der Waals surface area contributed by atoms with Crippen molar-refractivity contribution in [3.05, 3.63) is 186 Å². The van der Waals surface area contributed by atoms with Crippen LogP contribution < -0.4 is 4.90 Å². The maximum Gasteiger partial charge on any atom is 0.136 e. The van der Waals surface area contributed by atoms with Crippen molar-refractivity contribution in [2.24, 2.45) is 0 Å². The molecule has 2 aliphatic rings. The van der Waals surface area contributed by atoms with Crippen LogP contribution in [0.15, 0.2) is 168 Å². The Hall–Kier alpha value is -6.64. The van der Waals surface area contributed by atoms with E-state index in [0.717, 1.165) is 33.8 Å². The van der Waals surface area contributed by atoms with Gasteiger partial charge in [0.2, 0.25) is 0 Å². The molecular weight excluding hydrogens is 679 g/mol. The number of nitrogens with zero attached hydrogens (tertiary/aromatic N) is 1. The summed E-state index contributed by atoms with van der Waals surface area (Å²) in [5.41, 5.74) is 18.2. The van der Waals surface area contributed by atoms with Crippen LogP contribution in [0.2, 0.25) is 0 Å². The second kappa shape index (κ2) is 11.0. The highest BCUT2D eigenvalue weighted by molar-refractivity contribution is 6.33. The fraction of sp³-hybridized carbons (Fsp3) is 0.111. The number of rotatable bonds is 4. The summed E-state index contributed by atoms with van der Waals surface area (Å²) < 4.78 is 6.63. The molecule has 12 rings (SSSR count). The average molecular weight is 718 g/mol. The molecule has 0 fully saturated rings. The SMILES string of the molecule is CC1(C)c2ccccc2-c2ccc(N(c3ccc4c(c3)C(C)(C)c3ccccc3-4)c3ccc4c(c3)c3cccc5oc6cc(-c7ccccc7)cc4c6c53)cc21. The van der Waals surface area contributed by atoms with Gasteiger partial charge in [0.05, 0.1) is 0 Å². The predicted molar refractivity (Wildman–Crippen MR) is 235 cm³/mol. The van der Waals surface area contributed by atoms with E-state index >= 15 is 0 Å². The molecule has 1 aromatic heterocycles. The molecular formula is C54H39NO. The molecule has 0 aliphatic heterocycles. The van der Waals surface area contributed by atoms with Crippen LogP contribution in [-0.2, 0) is 10.8 Å². The van der Waals surface area contributed by atoms with E-state index in [-0.39, 0.29) is 10.8 Å². The quantitative estimate of drug-likeness (QED) is 0.169. The van der Waals surface area contributed by atoms with Crippen molar-refractivity contribution in [1.29, 1.82) is 0 Å². The minimum Gasteiger partial charge on any atom is -0.456 e. The lowest BCUT2D eigenvalue weighted by atomic mass is 9.82. The minimum absolute atomic E-state index is 0.118. The van der Waals surface area contributed by atoms with E-state index in [9.17, 15) is 0 Å². The number of benzene rings is 9. The maximum atomic E-state index is 6.63. The van der Waals surface area contributed by atoms with Crippen molar-refractivity contribution in [2.45, 2.75) is 38.5 Å². The van der Waals surface area contributed by atoms with Gasteiger partial charge in [-0.15, -0.1) is 0 Å². The van der Waals surface area contributed by atoms with Gasteiger partial charge in [0.1, 0.15) is 11.2 Å². The summed E-state index contributed by atoms with van der Waals surface area (Å²) in [4.78, 5) is 2.49.